The largest absolute Gasteiger partial charge is 0.480 e. The molecule has 0 heterocycles. The Labute approximate surface area is 96.3 Å². The molecular formula is C11H11F2NO3. The van der Waals surface area contributed by atoms with E-state index in [9.17, 15) is 18.4 Å². The number of benzene rings is 1. The Morgan fingerprint density at radius 1 is 1.35 bits per heavy atom. The molecule has 0 bridgehead atoms. The van der Waals surface area contributed by atoms with Crippen LogP contribution in [0.15, 0.2) is 18.2 Å². The standard InChI is InChI=1S/C11H11F2NO3/c1-2-8(11(16)17)14-10(15)9-6(12)4-3-5-7(9)13/h3-5,8H,2H2,1H3,(H,14,15)(H,16,17). The summed E-state index contributed by atoms with van der Waals surface area (Å²) >= 11 is 0. The molecule has 17 heavy (non-hydrogen) atoms. The van der Waals surface area contributed by atoms with Crippen molar-refractivity contribution in [1.29, 1.82) is 0 Å². The Balaban J connectivity index is 2.94. The number of carboxylic acid groups (broad SMARTS) is 1. The zero-order chi connectivity index (χ0) is 13.0. The smallest absolute Gasteiger partial charge is 0.326 e. The minimum Gasteiger partial charge on any atom is -0.480 e. The summed E-state index contributed by atoms with van der Waals surface area (Å²) in [5.41, 5.74) is -0.771. The van der Waals surface area contributed by atoms with Gasteiger partial charge >= 0.3 is 5.97 Å². The summed E-state index contributed by atoms with van der Waals surface area (Å²) in [5, 5.41) is 10.8. The maximum Gasteiger partial charge on any atom is 0.326 e. The first kappa shape index (κ1) is 13.1. The van der Waals surface area contributed by atoms with Gasteiger partial charge in [0.05, 0.1) is 0 Å². The molecule has 2 N–H and O–H groups in total. The van der Waals surface area contributed by atoms with Gasteiger partial charge in [-0.25, -0.2) is 13.6 Å². The zero-order valence-electron chi connectivity index (χ0n) is 9.04. The Morgan fingerprint density at radius 3 is 2.29 bits per heavy atom. The molecule has 6 heteroatoms. The Hall–Kier alpha value is -1.98. The van der Waals surface area contributed by atoms with Crippen LogP contribution in [0.3, 0.4) is 0 Å². The van der Waals surface area contributed by atoms with Gasteiger partial charge in [-0.05, 0) is 18.6 Å². The Kier molecular flexibility index (Phi) is 4.14. The molecule has 0 radical (unpaired) electrons. The van der Waals surface area contributed by atoms with Crippen molar-refractivity contribution in [1.82, 2.24) is 5.32 Å². The fraction of sp³-hybridized carbons (Fsp3) is 0.273. The van der Waals surface area contributed by atoms with Gasteiger partial charge in [0.15, 0.2) is 0 Å². The van der Waals surface area contributed by atoms with E-state index in [0.29, 0.717) is 0 Å². The molecule has 1 aromatic rings. The van der Waals surface area contributed by atoms with E-state index in [0.717, 1.165) is 18.2 Å². The van der Waals surface area contributed by atoms with E-state index >= 15 is 0 Å². The number of hydrogen-bond acceptors (Lipinski definition) is 2. The lowest BCUT2D eigenvalue weighted by Gasteiger charge is -2.12. The molecule has 0 aromatic heterocycles. The molecule has 0 fully saturated rings. The second-order valence-electron chi connectivity index (χ2n) is 3.37. The van der Waals surface area contributed by atoms with Crippen molar-refractivity contribution in [2.24, 2.45) is 0 Å². The van der Waals surface area contributed by atoms with Crippen molar-refractivity contribution in [2.75, 3.05) is 0 Å². The lowest BCUT2D eigenvalue weighted by molar-refractivity contribution is -0.139. The molecule has 92 valence electrons. The molecule has 1 unspecified atom stereocenters. The van der Waals surface area contributed by atoms with Gasteiger partial charge in [-0.1, -0.05) is 13.0 Å². The van der Waals surface area contributed by atoms with Crippen LogP contribution in [-0.2, 0) is 4.79 Å². The number of aliphatic carboxylic acids is 1. The molecule has 4 nitrogen and oxygen atoms in total. The number of hydrogen-bond donors (Lipinski definition) is 2. The number of halogens is 2. The van der Waals surface area contributed by atoms with Crippen molar-refractivity contribution in [3.8, 4) is 0 Å². The van der Waals surface area contributed by atoms with E-state index in [2.05, 4.69) is 0 Å². The normalized spacial score (nSPS) is 11.9. The van der Waals surface area contributed by atoms with Crippen LogP contribution in [0.25, 0.3) is 0 Å². The van der Waals surface area contributed by atoms with Gasteiger partial charge in [-0.3, -0.25) is 4.79 Å². The predicted octanol–water partition coefficient (Wildman–Crippen LogP) is 1.56. The van der Waals surface area contributed by atoms with Crippen molar-refractivity contribution in [2.45, 2.75) is 19.4 Å². The number of nitrogens with one attached hydrogen (secondary N) is 1. The van der Waals surface area contributed by atoms with Crippen molar-refractivity contribution >= 4 is 11.9 Å². The molecule has 0 aliphatic heterocycles. The maximum atomic E-state index is 13.2. The molecule has 1 amide bonds. The summed E-state index contributed by atoms with van der Waals surface area (Å²) in [6.45, 7) is 1.54. The highest BCUT2D eigenvalue weighted by Crippen LogP contribution is 2.12. The highest BCUT2D eigenvalue weighted by atomic mass is 19.1. The van der Waals surface area contributed by atoms with Crippen molar-refractivity contribution < 1.29 is 23.5 Å². The maximum absolute atomic E-state index is 13.2. The van der Waals surface area contributed by atoms with Crippen LogP contribution < -0.4 is 5.32 Å². The average molecular weight is 243 g/mol. The van der Waals surface area contributed by atoms with Gasteiger partial charge in [0.2, 0.25) is 0 Å². The van der Waals surface area contributed by atoms with Gasteiger partial charge in [-0.2, -0.15) is 0 Å². The minimum atomic E-state index is -1.25. The van der Waals surface area contributed by atoms with E-state index in [1.807, 2.05) is 5.32 Å². The quantitative estimate of drug-likeness (QED) is 0.843. The number of carbonyl (C=O) groups is 2. The van der Waals surface area contributed by atoms with Crippen molar-refractivity contribution in [3.63, 3.8) is 0 Å². The van der Waals surface area contributed by atoms with Crippen LogP contribution >= 0.6 is 0 Å². The van der Waals surface area contributed by atoms with Gasteiger partial charge in [0.1, 0.15) is 23.2 Å². The fourth-order valence-electron chi connectivity index (χ4n) is 1.28. The monoisotopic (exact) mass is 243 g/mol. The summed E-state index contributed by atoms with van der Waals surface area (Å²) < 4.78 is 26.4. The molecule has 1 aromatic carbocycles. The van der Waals surface area contributed by atoms with Crippen LogP contribution in [-0.4, -0.2) is 23.0 Å². The molecule has 0 saturated heterocycles. The van der Waals surface area contributed by atoms with E-state index in [-0.39, 0.29) is 6.42 Å². The summed E-state index contributed by atoms with van der Waals surface area (Å²) in [6.07, 6.45) is 0.122. The highest BCUT2D eigenvalue weighted by Gasteiger charge is 2.22. The first-order valence-corrected chi connectivity index (χ1v) is 4.95. The van der Waals surface area contributed by atoms with E-state index in [4.69, 9.17) is 5.11 Å². The molecule has 0 aliphatic carbocycles. The summed E-state index contributed by atoms with van der Waals surface area (Å²) in [5.74, 6) is -4.38. The van der Waals surface area contributed by atoms with E-state index in [1.54, 1.807) is 0 Å². The number of rotatable bonds is 4. The first-order chi connectivity index (χ1) is 7.97. The molecule has 0 saturated carbocycles. The number of carbonyl (C=O) groups excluding carboxylic acids is 1. The first-order valence-electron chi connectivity index (χ1n) is 4.95. The SMILES string of the molecule is CCC(NC(=O)c1c(F)cccc1F)C(=O)O. The van der Waals surface area contributed by atoms with Crippen molar-refractivity contribution in [3.05, 3.63) is 35.4 Å². The number of carboxylic acids is 1. The van der Waals surface area contributed by atoms with Crippen LogP contribution in [0, 0.1) is 11.6 Å². The van der Waals surface area contributed by atoms with E-state index < -0.39 is 35.1 Å². The lowest BCUT2D eigenvalue weighted by atomic mass is 10.1. The van der Waals surface area contributed by atoms with E-state index in [1.165, 1.54) is 6.92 Å². The zero-order valence-corrected chi connectivity index (χ0v) is 9.04. The van der Waals surface area contributed by atoms with Crippen LogP contribution in [0.4, 0.5) is 8.78 Å². The summed E-state index contributed by atoms with van der Waals surface area (Å²) in [4.78, 5) is 22.2. The highest BCUT2D eigenvalue weighted by molar-refractivity contribution is 5.97. The molecule has 0 spiro atoms. The molecular weight excluding hydrogens is 232 g/mol. The van der Waals surface area contributed by atoms with Crippen LogP contribution in [0.5, 0.6) is 0 Å². The second kappa shape index (κ2) is 5.38. The number of amides is 1. The fourth-order valence-corrected chi connectivity index (χ4v) is 1.28. The Bertz CT molecular complexity index is 428. The predicted molar refractivity (Wildman–Crippen MR) is 55.5 cm³/mol. The molecule has 1 rings (SSSR count). The van der Waals surface area contributed by atoms with Gasteiger partial charge in [0, 0.05) is 0 Å². The summed E-state index contributed by atoms with van der Waals surface area (Å²) in [7, 11) is 0. The van der Waals surface area contributed by atoms with Crippen LogP contribution in [0.1, 0.15) is 23.7 Å². The average Bonchev–Trinajstić information content (AvgIpc) is 2.25. The van der Waals surface area contributed by atoms with Gasteiger partial charge in [-0.15, -0.1) is 0 Å². The third-order valence-corrected chi connectivity index (χ3v) is 2.20. The minimum absolute atomic E-state index is 0.122. The topological polar surface area (TPSA) is 66.4 Å². The third-order valence-electron chi connectivity index (χ3n) is 2.20. The molecule has 1 atom stereocenters. The van der Waals surface area contributed by atoms with Gasteiger partial charge < -0.3 is 10.4 Å². The summed E-state index contributed by atoms with van der Waals surface area (Å²) in [6, 6.07) is 1.82. The van der Waals surface area contributed by atoms with Gasteiger partial charge in [0.25, 0.3) is 5.91 Å². The van der Waals surface area contributed by atoms with Crippen LogP contribution in [0.2, 0.25) is 0 Å². The molecule has 0 aliphatic rings. The third kappa shape index (κ3) is 2.99. The lowest BCUT2D eigenvalue weighted by Crippen LogP contribution is -2.40. The Morgan fingerprint density at radius 2 is 1.88 bits per heavy atom. The second-order valence-corrected chi connectivity index (χ2v) is 3.37.